The van der Waals surface area contributed by atoms with Crippen LogP contribution >= 0.6 is 0 Å². The van der Waals surface area contributed by atoms with E-state index in [2.05, 4.69) is 54.7 Å². The molecule has 3 rings (SSSR count). The number of benzene rings is 2. The highest BCUT2D eigenvalue weighted by molar-refractivity contribution is 5.91. The predicted molar refractivity (Wildman–Crippen MR) is 119 cm³/mol. The van der Waals surface area contributed by atoms with Crippen LogP contribution in [0.4, 0.5) is 0 Å². The summed E-state index contributed by atoms with van der Waals surface area (Å²) in [4.78, 5) is 18.1. The minimum Gasteiger partial charge on any atom is -0.389 e. The van der Waals surface area contributed by atoms with Gasteiger partial charge in [-0.05, 0) is 49.5 Å². The first-order valence-electron chi connectivity index (χ1n) is 10.2. The summed E-state index contributed by atoms with van der Waals surface area (Å²) in [5.74, 6) is 0.0392. The van der Waals surface area contributed by atoms with E-state index in [-0.39, 0.29) is 11.5 Å². The summed E-state index contributed by atoms with van der Waals surface area (Å²) in [5, 5.41) is 7.21. The van der Waals surface area contributed by atoms with Crippen LogP contribution in [0.3, 0.4) is 0 Å². The molecule has 4 nitrogen and oxygen atoms in total. The van der Waals surface area contributed by atoms with E-state index in [4.69, 9.17) is 4.84 Å². The number of hydrogen-bond donors (Lipinski definition) is 1. The molecule has 152 valence electrons. The zero-order valence-corrected chi connectivity index (χ0v) is 17.6. The minimum atomic E-state index is -0.343. The van der Waals surface area contributed by atoms with Crippen molar-refractivity contribution in [2.75, 3.05) is 6.54 Å². The molecule has 0 spiro atoms. The lowest BCUT2D eigenvalue weighted by Gasteiger charge is -2.21. The largest absolute Gasteiger partial charge is 0.389 e. The van der Waals surface area contributed by atoms with Gasteiger partial charge in [-0.2, -0.15) is 0 Å². The Hall–Kier alpha value is -2.88. The molecule has 0 saturated carbocycles. The Morgan fingerprint density at radius 3 is 2.59 bits per heavy atom. The Kier molecular flexibility index (Phi) is 6.86. The summed E-state index contributed by atoms with van der Waals surface area (Å²) in [6.07, 6.45) is 4.81. The number of oxime groups is 1. The first-order chi connectivity index (χ1) is 14.0. The molecule has 0 fully saturated rings. The number of hydrogen-bond acceptors (Lipinski definition) is 3. The average Bonchev–Trinajstić information content (AvgIpc) is 3.09. The molecule has 2 aromatic rings. The maximum atomic E-state index is 12.4. The van der Waals surface area contributed by atoms with E-state index in [1.54, 1.807) is 0 Å². The van der Waals surface area contributed by atoms with Crippen molar-refractivity contribution in [2.24, 2.45) is 5.16 Å². The maximum Gasteiger partial charge on any atom is 0.220 e. The van der Waals surface area contributed by atoms with E-state index < -0.39 is 0 Å². The number of amides is 1. The van der Waals surface area contributed by atoms with Gasteiger partial charge in [-0.3, -0.25) is 4.79 Å². The van der Waals surface area contributed by atoms with Crippen LogP contribution < -0.4 is 5.32 Å². The fourth-order valence-electron chi connectivity index (χ4n) is 3.79. The fraction of sp³-hybridized carbons (Fsp3) is 0.360. The standard InChI is InChI=1S/C25H30N2O2/c1-4-21(23-13-9-8-10-19(23)2)14-15-24(28)26-18-22-17-25(3,29-27-22)16-20-11-6-5-7-12-20/h4-13H,14-18H2,1-3H3,(H,26,28)/b21-4-. The molecule has 0 radical (unpaired) electrons. The third kappa shape index (κ3) is 5.80. The van der Waals surface area contributed by atoms with Gasteiger partial charge in [0.05, 0.1) is 12.3 Å². The molecular formula is C25H30N2O2. The molecule has 1 N–H and O–H groups in total. The van der Waals surface area contributed by atoms with Gasteiger partial charge in [0.2, 0.25) is 5.91 Å². The zero-order valence-electron chi connectivity index (χ0n) is 17.6. The second-order valence-corrected chi connectivity index (χ2v) is 7.94. The normalized spacial score (nSPS) is 18.9. The Labute approximate surface area is 173 Å². The number of carbonyl (C=O) groups is 1. The molecule has 1 unspecified atom stereocenters. The van der Waals surface area contributed by atoms with Crippen LogP contribution in [-0.4, -0.2) is 23.8 Å². The van der Waals surface area contributed by atoms with Crippen LogP contribution in [0.5, 0.6) is 0 Å². The monoisotopic (exact) mass is 390 g/mol. The maximum absolute atomic E-state index is 12.4. The molecule has 0 bridgehead atoms. The lowest BCUT2D eigenvalue weighted by Crippen LogP contribution is -2.32. The van der Waals surface area contributed by atoms with Crippen molar-refractivity contribution in [3.63, 3.8) is 0 Å². The molecule has 0 aliphatic carbocycles. The first kappa shape index (κ1) is 20.8. The number of nitrogens with one attached hydrogen (secondary N) is 1. The Morgan fingerprint density at radius 1 is 1.14 bits per heavy atom. The van der Waals surface area contributed by atoms with Crippen LogP contribution in [0, 0.1) is 6.92 Å². The first-order valence-corrected chi connectivity index (χ1v) is 10.2. The highest BCUT2D eigenvalue weighted by Crippen LogP contribution is 2.27. The van der Waals surface area contributed by atoms with Crippen LogP contribution in [0.15, 0.2) is 65.8 Å². The van der Waals surface area contributed by atoms with Crippen molar-refractivity contribution < 1.29 is 9.63 Å². The van der Waals surface area contributed by atoms with Crippen molar-refractivity contribution in [2.45, 2.75) is 52.1 Å². The number of aryl methyl sites for hydroxylation is 1. The molecule has 29 heavy (non-hydrogen) atoms. The third-order valence-corrected chi connectivity index (χ3v) is 5.34. The van der Waals surface area contributed by atoms with Crippen LogP contribution in [0.1, 0.15) is 49.8 Å². The smallest absolute Gasteiger partial charge is 0.220 e. The Bertz CT molecular complexity index is 902. The van der Waals surface area contributed by atoms with E-state index in [0.717, 1.165) is 25.0 Å². The molecular weight excluding hydrogens is 360 g/mol. The zero-order chi connectivity index (χ0) is 20.7. The predicted octanol–water partition coefficient (Wildman–Crippen LogP) is 5.07. The van der Waals surface area contributed by atoms with Crippen molar-refractivity contribution in [1.82, 2.24) is 5.32 Å². The molecule has 1 aliphatic heterocycles. The van der Waals surface area contributed by atoms with Gasteiger partial charge in [-0.1, -0.05) is 65.8 Å². The van der Waals surface area contributed by atoms with Gasteiger partial charge in [0, 0.05) is 19.3 Å². The van der Waals surface area contributed by atoms with E-state index in [9.17, 15) is 4.79 Å². The minimum absolute atomic E-state index is 0.0392. The molecule has 4 heteroatoms. The molecule has 2 aromatic carbocycles. The SMILES string of the molecule is C/C=C(/CCC(=O)NCC1=NOC(C)(Cc2ccccc2)C1)c1ccccc1C. The van der Waals surface area contributed by atoms with E-state index in [1.807, 2.05) is 37.3 Å². The number of carbonyl (C=O) groups excluding carboxylic acids is 1. The molecule has 1 aliphatic rings. The second kappa shape index (κ2) is 9.55. The van der Waals surface area contributed by atoms with Gasteiger partial charge in [-0.15, -0.1) is 0 Å². The number of allylic oxidation sites excluding steroid dienone is 2. The van der Waals surface area contributed by atoms with Crippen molar-refractivity contribution in [3.05, 3.63) is 77.4 Å². The van der Waals surface area contributed by atoms with Crippen LogP contribution in [-0.2, 0) is 16.1 Å². The summed E-state index contributed by atoms with van der Waals surface area (Å²) in [6.45, 7) is 6.64. The lowest BCUT2D eigenvalue weighted by molar-refractivity contribution is -0.120. The Morgan fingerprint density at radius 2 is 1.86 bits per heavy atom. The van der Waals surface area contributed by atoms with Crippen molar-refractivity contribution in [3.8, 4) is 0 Å². The topological polar surface area (TPSA) is 50.7 Å². The van der Waals surface area contributed by atoms with Gasteiger partial charge in [0.15, 0.2) is 0 Å². The summed E-state index contributed by atoms with van der Waals surface area (Å²) >= 11 is 0. The number of nitrogens with zero attached hydrogens (tertiary/aromatic N) is 1. The summed E-state index contributed by atoms with van der Waals surface area (Å²) in [6, 6.07) is 18.6. The van der Waals surface area contributed by atoms with Crippen molar-refractivity contribution >= 4 is 17.2 Å². The Balaban J connectivity index is 1.45. The molecule has 1 amide bonds. The summed E-state index contributed by atoms with van der Waals surface area (Å²) in [7, 11) is 0. The highest BCUT2D eigenvalue weighted by atomic mass is 16.7. The average molecular weight is 391 g/mol. The lowest BCUT2D eigenvalue weighted by atomic mass is 9.91. The molecule has 1 atom stereocenters. The fourth-order valence-corrected chi connectivity index (χ4v) is 3.79. The van der Waals surface area contributed by atoms with Gasteiger partial charge < -0.3 is 10.2 Å². The highest BCUT2D eigenvalue weighted by Gasteiger charge is 2.34. The van der Waals surface area contributed by atoms with Gasteiger partial charge in [0.1, 0.15) is 5.60 Å². The van der Waals surface area contributed by atoms with Crippen molar-refractivity contribution in [1.29, 1.82) is 0 Å². The van der Waals surface area contributed by atoms with E-state index in [0.29, 0.717) is 13.0 Å². The van der Waals surface area contributed by atoms with Gasteiger partial charge in [0.25, 0.3) is 0 Å². The van der Waals surface area contributed by atoms with E-state index >= 15 is 0 Å². The summed E-state index contributed by atoms with van der Waals surface area (Å²) in [5.41, 5.74) is 5.43. The third-order valence-electron chi connectivity index (χ3n) is 5.34. The second-order valence-electron chi connectivity index (χ2n) is 7.94. The summed E-state index contributed by atoms with van der Waals surface area (Å²) < 4.78 is 0. The quantitative estimate of drug-likeness (QED) is 0.684. The number of rotatable bonds is 8. The molecule has 0 aromatic heterocycles. The van der Waals surface area contributed by atoms with Crippen LogP contribution in [0.2, 0.25) is 0 Å². The van der Waals surface area contributed by atoms with Gasteiger partial charge >= 0.3 is 0 Å². The van der Waals surface area contributed by atoms with E-state index in [1.165, 1.54) is 22.3 Å². The molecule has 1 heterocycles. The van der Waals surface area contributed by atoms with Crippen LogP contribution in [0.25, 0.3) is 5.57 Å². The molecule has 0 saturated heterocycles. The van der Waals surface area contributed by atoms with Gasteiger partial charge in [-0.25, -0.2) is 0 Å².